The van der Waals surface area contributed by atoms with Gasteiger partial charge >= 0.3 is 0 Å². The van der Waals surface area contributed by atoms with E-state index in [1.54, 1.807) is 22.7 Å². The number of rotatable bonds is 5. The molecule has 0 fully saturated rings. The van der Waals surface area contributed by atoms with Crippen molar-refractivity contribution in [3.05, 3.63) is 38.5 Å². The third-order valence-corrected chi connectivity index (χ3v) is 4.48. The second-order valence-corrected chi connectivity index (χ2v) is 6.14. The van der Waals surface area contributed by atoms with E-state index in [0.717, 1.165) is 6.54 Å². The predicted octanol–water partition coefficient (Wildman–Crippen LogP) is 4.03. The molecule has 0 bridgehead atoms. The lowest BCUT2D eigenvalue weighted by atomic mass is 10.1. The normalized spacial score (nSPS) is 13.2. The molecule has 1 unspecified atom stereocenters. The van der Waals surface area contributed by atoms with E-state index in [1.807, 2.05) is 0 Å². The first-order chi connectivity index (χ1) is 8.22. The summed E-state index contributed by atoms with van der Waals surface area (Å²) in [5.74, 6) is 0.505. The molecule has 92 valence electrons. The van der Waals surface area contributed by atoms with Gasteiger partial charge in [-0.3, -0.25) is 0 Å². The average molecular weight is 266 g/mol. The molecule has 4 heteroatoms. The zero-order chi connectivity index (χ0) is 12.3. The minimum absolute atomic E-state index is 0.262. The first-order valence-electron chi connectivity index (χ1n) is 5.94. The van der Waals surface area contributed by atoms with Gasteiger partial charge in [-0.2, -0.15) is 0 Å². The fourth-order valence-electron chi connectivity index (χ4n) is 1.67. The van der Waals surface area contributed by atoms with Gasteiger partial charge in [-0.25, -0.2) is 4.98 Å². The molecule has 1 atom stereocenters. The smallest absolute Gasteiger partial charge is 0.115 e. The molecular formula is C13H18N2S2. The molecule has 2 nitrogen and oxygen atoms in total. The van der Waals surface area contributed by atoms with Crippen molar-refractivity contribution in [1.82, 2.24) is 10.3 Å². The van der Waals surface area contributed by atoms with E-state index < -0.39 is 0 Å². The van der Waals surface area contributed by atoms with Gasteiger partial charge in [0.15, 0.2) is 0 Å². The van der Waals surface area contributed by atoms with E-state index in [2.05, 4.69) is 49.0 Å². The molecule has 0 amide bonds. The molecule has 0 aliphatic heterocycles. The highest BCUT2D eigenvalue weighted by Crippen LogP contribution is 2.29. The summed E-state index contributed by atoms with van der Waals surface area (Å²) in [7, 11) is 0. The summed E-state index contributed by atoms with van der Waals surface area (Å²) >= 11 is 3.54. The van der Waals surface area contributed by atoms with Gasteiger partial charge in [-0.15, -0.1) is 22.7 Å². The maximum atomic E-state index is 4.75. The highest BCUT2D eigenvalue weighted by molar-refractivity contribution is 7.11. The van der Waals surface area contributed by atoms with E-state index in [1.165, 1.54) is 15.6 Å². The van der Waals surface area contributed by atoms with E-state index in [0.29, 0.717) is 5.92 Å². The number of hydrogen-bond acceptors (Lipinski definition) is 4. The van der Waals surface area contributed by atoms with Crippen LogP contribution in [0.4, 0.5) is 0 Å². The maximum absolute atomic E-state index is 4.75. The zero-order valence-electron chi connectivity index (χ0n) is 10.4. The highest BCUT2D eigenvalue weighted by atomic mass is 32.1. The lowest BCUT2D eigenvalue weighted by molar-refractivity contribution is 0.632. The number of nitrogens with zero attached hydrogens (tertiary/aromatic N) is 1. The van der Waals surface area contributed by atoms with Crippen LogP contribution in [0.15, 0.2) is 22.9 Å². The van der Waals surface area contributed by atoms with Crippen molar-refractivity contribution in [1.29, 1.82) is 0 Å². The molecule has 2 aromatic rings. The van der Waals surface area contributed by atoms with Gasteiger partial charge in [0.05, 0.1) is 11.7 Å². The van der Waals surface area contributed by atoms with Gasteiger partial charge in [0.1, 0.15) is 5.01 Å². The molecule has 1 N–H and O–H groups in total. The number of hydrogen-bond donors (Lipinski definition) is 1. The second-order valence-electron chi connectivity index (χ2n) is 4.27. The molecule has 17 heavy (non-hydrogen) atoms. The first kappa shape index (κ1) is 12.7. The monoisotopic (exact) mass is 266 g/mol. The first-order valence-corrected chi connectivity index (χ1v) is 7.70. The largest absolute Gasteiger partial charge is 0.304 e. The van der Waals surface area contributed by atoms with Crippen LogP contribution >= 0.6 is 22.7 Å². The molecule has 0 aliphatic rings. The van der Waals surface area contributed by atoms with Crippen molar-refractivity contribution >= 4 is 22.7 Å². The molecule has 2 aromatic heterocycles. The maximum Gasteiger partial charge on any atom is 0.115 e. The lowest BCUT2D eigenvalue weighted by Gasteiger charge is -2.13. The topological polar surface area (TPSA) is 24.9 Å². The average Bonchev–Trinajstić information content (AvgIpc) is 2.97. The molecule has 0 radical (unpaired) electrons. The van der Waals surface area contributed by atoms with Crippen LogP contribution in [-0.2, 0) is 0 Å². The highest BCUT2D eigenvalue weighted by Gasteiger charge is 2.18. The summed E-state index contributed by atoms with van der Waals surface area (Å²) in [5, 5.41) is 8.99. The Morgan fingerprint density at radius 3 is 2.71 bits per heavy atom. The van der Waals surface area contributed by atoms with E-state index >= 15 is 0 Å². The Bertz CT molecular complexity index is 446. The fourth-order valence-corrected chi connectivity index (χ4v) is 3.62. The van der Waals surface area contributed by atoms with Gasteiger partial charge in [-0.05, 0) is 23.9 Å². The van der Waals surface area contributed by atoms with Gasteiger partial charge in [0.25, 0.3) is 0 Å². The lowest BCUT2D eigenvalue weighted by Crippen LogP contribution is -2.21. The standard InChI is InChI=1S/C13H18N2S2/c1-4-14-12(11-6-5-7-16-11)13-15-10(8-17-13)9(2)3/h5-9,12,14H,4H2,1-3H3. The van der Waals surface area contributed by atoms with Crippen LogP contribution in [0.5, 0.6) is 0 Å². The van der Waals surface area contributed by atoms with Crippen LogP contribution < -0.4 is 5.32 Å². The fraction of sp³-hybridized carbons (Fsp3) is 0.462. The summed E-state index contributed by atoms with van der Waals surface area (Å²) < 4.78 is 0. The van der Waals surface area contributed by atoms with Crippen LogP contribution in [0.2, 0.25) is 0 Å². The van der Waals surface area contributed by atoms with Crippen molar-refractivity contribution in [2.45, 2.75) is 32.7 Å². The quantitative estimate of drug-likeness (QED) is 0.884. The van der Waals surface area contributed by atoms with E-state index in [9.17, 15) is 0 Å². The van der Waals surface area contributed by atoms with Crippen molar-refractivity contribution in [2.24, 2.45) is 0 Å². The Kier molecular flexibility index (Phi) is 4.31. The third-order valence-electron chi connectivity index (χ3n) is 2.61. The Hall–Kier alpha value is -0.710. The Labute approximate surface area is 111 Å². The summed E-state index contributed by atoms with van der Waals surface area (Å²) in [6, 6.07) is 4.54. The summed E-state index contributed by atoms with van der Waals surface area (Å²) in [6.45, 7) is 7.47. The Balaban J connectivity index is 2.26. The summed E-state index contributed by atoms with van der Waals surface area (Å²) in [4.78, 5) is 6.09. The molecule has 0 aliphatic carbocycles. The van der Waals surface area contributed by atoms with Gasteiger partial charge in [0, 0.05) is 10.3 Å². The number of nitrogens with one attached hydrogen (secondary N) is 1. The van der Waals surface area contributed by atoms with Crippen LogP contribution in [0.25, 0.3) is 0 Å². The number of thiophene rings is 1. The van der Waals surface area contributed by atoms with E-state index in [4.69, 9.17) is 4.98 Å². The number of aromatic nitrogens is 1. The van der Waals surface area contributed by atoms with Gasteiger partial charge in [-0.1, -0.05) is 26.8 Å². The van der Waals surface area contributed by atoms with Crippen LogP contribution in [-0.4, -0.2) is 11.5 Å². The Morgan fingerprint density at radius 1 is 1.35 bits per heavy atom. The molecule has 2 rings (SSSR count). The summed E-state index contributed by atoms with van der Waals surface area (Å²) in [5.41, 5.74) is 1.20. The van der Waals surface area contributed by atoms with Crippen molar-refractivity contribution in [3.8, 4) is 0 Å². The van der Waals surface area contributed by atoms with Crippen molar-refractivity contribution < 1.29 is 0 Å². The SMILES string of the molecule is CCNC(c1cccs1)c1nc(C(C)C)cs1. The third kappa shape index (κ3) is 2.94. The van der Waals surface area contributed by atoms with Crippen molar-refractivity contribution in [3.63, 3.8) is 0 Å². The minimum Gasteiger partial charge on any atom is -0.304 e. The molecule has 0 spiro atoms. The Morgan fingerprint density at radius 2 is 2.18 bits per heavy atom. The zero-order valence-corrected chi connectivity index (χ0v) is 12.1. The molecular weight excluding hydrogens is 248 g/mol. The number of thiazole rings is 1. The predicted molar refractivity (Wildman–Crippen MR) is 76.0 cm³/mol. The van der Waals surface area contributed by atoms with Gasteiger partial charge < -0.3 is 5.32 Å². The van der Waals surface area contributed by atoms with E-state index in [-0.39, 0.29) is 6.04 Å². The van der Waals surface area contributed by atoms with Crippen LogP contribution in [0, 0.1) is 0 Å². The minimum atomic E-state index is 0.262. The van der Waals surface area contributed by atoms with Crippen LogP contribution in [0.3, 0.4) is 0 Å². The molecule has 0 aromatic carbocycles. The molecule has 0 saturated heterocycles. The molecule has 0 saturated carbocycles. The molecule has 2 heterocycles. The summed E-state index contributed by atoms with van der Waals surface area (Å²) in [6.07, 6.45) is 0. The van der Waals surface area contributed by atoms with Crippen molar-refractivity contribution in [2.75, 3.05) is 6.54 Å². The second kappa shape index (κ2) is 5.76. The van der Waals surface area contributed by atoms with Crippen LogP contribution in [0.1, 0.15) is 48.3 Å². The van der Waals surface area contributed by atoms with Gasteiger partial charge in [0.2, 0.25) is 0 Å².